The first-order valence-electron chi connectivity index (χ1n) is 12.3. The van der Waals surface area contributed by atoms with Crippen molar-refractivity contribution < 1.29 is 0 Å². The molecule has 3 heterocycles. The van der Waals surface area contributed by atoms with Gasteiger partial charge in [-0.3, -0.25) is 0 Å². The van der Waals surface area contributed by atoms with Crippen molar-refractivity contribution in [1.82, 2.24) is 0 Å². The van der Waals surface area contributed by atoms with Crippen molar-refractivity contribution in [1.29, 1.82) is 0 Å². The van der Waals surface area contributed by atoms with Crippen LogP contribution in [0, 0.1) is 13.8 Å². The fourth-order valence-electron chi connectivity index (χ4n) is 6.73. The monoisotopic (exact) mass is 506 g/mol. The van der Waals surface area contributed by atoms with Crippen molar-refractivity contribution in [3.63, 3.8) is 0 Å². The number of rotatable bonds is 0. The molecule has 3 aromatic heterocycles. The lowest BCUT2D eigenvalue weighted by molar-refractivity contribution is 0.662. The highest BCUT2D eigenvalue weighted by molar-refractivity contribution is 7.26. The Morgan fingerprint density at radius 1 is 0.514 bits per heavy atom. The number of fused-ring (bicyclic) bond motifs is 10. The first-order chi connectivity index (χ1) is 16.6. The SMILES string of the molecule is Cc1cc2c(s1)-c1cc3cc4cc5c6c(sc5cc4cc3cc1C2(C)C)-c1sc(C)cc1C6(C)C. The van der Waals surface area contributed by atoms with Gasteiger partial charge in [-0.2, -0.15) is 0 Å². The van der Waals surface area contributed by atoms with Crippen LogP contribution in [0.1, 0.15) is 59.7 Å². The van der Waals surface area contributed by atoms with E-state index < -0.39 is 0 Å². The molecule has 0 N–H and O–H groups in total. The molecule has 0 aliphatic heterocycles. The van der Waals surface area contributed by atoms with Crippen LogP contribution in [-0.4, -0.2) is 0 Å². The summed E-state index contributed by atoms with van der Waals surface area (Å²) >= 11 is 5.90. The van der Waals surface area contributed by atoms with Crippen molar-refractivity contribution in [2.75, 3.05) is 0 Å². The zero-order valence-corrected chi connectivity index (χ0v) is 23.3. The predicted molar refractivity (Wildman–Crippen MR) is 157 cm³/mol. The van der Waals surface area contributed by atoms with Crippen molar-refractivity contribution >= 4 is 65.6 Å². The van der Waals surface area contributed by atoms with Crippen LogP contribution in [0.25, 0.3) is 51.8 Å². The Balaban J connectivity index is 1.40. The molecule has 0 unspecified atom stereocenters. The van der Waals surface area contributed by atoms with Gasteiger partial charge < -0.3 is 0 Å². The van der Waals surface area contributed by atoms with E-state index in [4.69, 9.17) is 0 Å². The van der Waals surface area contributed by atoms with Crippen LogP contribution in [0.3, 0.4) is 0 Å². The summed E-state index contributed by atoms with van der Waals surface area (Å²) in [4.78, 5) is 7.30. The van der Waals surface area contributed by atoms with Gasteiger partial charge in [0, 0.05) is 39.9 Å². The Kier molecular flexibility index (Phi) is 3.70. The molecule has 2 aliphatic rings. The van der Waals surface area contributed by atoms with E-state index in [1.54, 1.807) is 0 Å². The maximum Gasteiger partial charge on any atom is 0.0499 e. The summed E-state index contributed by atoms with van der Waals surface area (Å²) < 4.78 is 1.42. The van der Waals surface area contributed by atoms with Gasteiger partial charge in [-0.25, -0.2) is 0 Å². The molecule has 0 bridgehead atoms. The Bertz CT molecular complexity index is 1920. The Hall–Kier alpha value is -2.46. The van der Waals surface area contributed by atoms with Gasteiger partial charge in [-0.1, -0.05) is 27.7 Å². The quantitative estimate of drug-likeness (QED) is 0.180. The molecule has 8 rings (SSSR count). The van der Waals surface area contributed by atoms with Crippen molar-refractivity contribution in [2.24, 2.45) is 0 Å². The van der Waals surface area contributed by atoms with E-state index >= 15 is 0 Å². The number of thiophene rings is 3. The van der Waals surface area contributed by atoms with Gasteiger partial charge in [0.1, 0.15) is 0 Å². The largest absolute Gasteiger partial charge is 0.140 e. The van der Waals surface area contributed by atoms with Crippen LogP contribution in [0.5, 0.6) is 0 Å². The van der Waals surface area contributed by atoms with Crippen LogP contribution in [-0.2, 0) is 10.8 Å². The molecule has 6 aromatic rings. The Labute approximate surface area is 217 Å². The van der Waals surface area contributed by atoms with Crippen molar-refractivity contribution in [3.05, 3.63) is 80.5 Å². The minimum Gasteiger partial charge on any atom is -0.140 e. The maximum atomic E-state index is 2.47. The standard InChI is InChI=1S/C32H26S3/c1-15-7-24-28(33-15)21-11-17-9-18-12-22-26(14-20(18)10-19(17)13-23(21)31(24,3)4)35-30-27(22)32(5,6)25-8-16(2)34-29(25)30/h7-14H,1-6H3. The predicted octanol–water partition coefficient (Wildman–Crippen LogP) is 10.6. The van der Waals surface area contributed by atoms with E-state index in [2.05, 4.69) is 90.1 Å². The van der Waals surface area contributed by atoms with Crippen molar-refractivity contribution in [2.45, 2.75) is 52.4 Å². The minimum absolute atomic E-state index is 0.0675. The molecule has 0 radical (unpaired) electrons. The lowest BCUT2D eigenvalue weighted by Crippen LogP contribution is -2.14. The lowest BCUT2D eigenvalue weighted by Gasteiger charge is -2.21. The molecular formula is C32H26S3. The second-order valence-electron chi connectivity index (χ2n) is 11.5. The topological polar surface area (TPSA) is 0 Å². The maximum absolute atomic E-state index is 2.47. The fraction of sp³-hybridized carbons (Fsp3) is 0.250. The minimum atomic E-state index is 0.0675. The van der Waals surface area contributed by atoms with Crippen LogP contribution in [0.4, 0.5) is 0 Å². The molecule has 0 saturated heterocycles. The fourth-order valence-corrected chi connectivity index (χ4v) is 10.7. The Morgan fingerprint density at radius 2 is 1.11 bits per heavy atom. The van der Waals surface area contributed by atoms with Gasteiger partial charge in [0.2, 0.25) is 0 Å². The van der Waals surface area contributed by atoms with E-state index in [0.717, 1.165) is 0 Å². The second-order valence-corrected chi connectivity index (χ2v) is 15.1. The summed E-state index contributed by atoms with van der Waals surface area (Å²) in [5, 5.41) is 6.86. The third kappa shape index (κ3) is 2.47. The Morgan fingerprint density at radius 3 is 1.86 bits per heavy atom. The molecule has 0 nitrogen and oxygen atoms in total. The average molecular weight is 507 g/mol. The van der Waals surface area contributed by atoms with Crippen LogP contribution in [0.15, 0.2) is 48.5 Å². The highest BCUT2D eigenvalue weighted by Gasteiger charge is 2.40. The molecule has 0 amide bonds. The van der Waals surface area contributed by atoms with Crippen LogP contribution < -0.4 is 0 Å². The summed E-state index contributed by atoms with van der Waals surface area (Å²) in [6.45, 7) is 14.1. The zero-order valence-electron chi connectivity index (χ0n) is 20.8. The third-order valence-corrected chi connectivity index (χ3v) is 12.0. The van der Waals surface area contributed by atoms with Crippen LogP contribution in [0.2, 0.25) is 0 Å². The van der Waals surface area contributed by atoms with Gasteiger partial charge in [0.05, 0.1) is 0 Å². The highest BCUT2D eigenvalue weighted by atomic mass is 32.1. The molecule has 0 fully saturated rings. The summed E-state index contributed by atoms with van der Waals surface area (Å²) in [6, 6.07) is 19.5. The van der Waals surface area contributed by atoms with E-state index in [-0.39, 0.29) is 10.8 Å². The van der Waals surface area contributed by atoms with Crippen LogP contribution >= 0.6 is 34.0 Å². The average Bonchev–Trinajstić information content (AvgIpc) is 3.55. The van der Waals surface area contributed by atoms with Gasteiger partial charge in [0.25, 0.3) is 0 Å². The highest BCUT2D eigenvalue weighted by Crippen LogP contribution is 2.58. The third-order valence-electron chi connectivity index (χ3n) is 8.55. The van der Waals surface area contributed by atoms with Gasteiger partial charge in [0.15, 0.2) is 0 Å². The number of hydrogen-bond donors (Lipinski definition) is 0. The van der Waals surface area contributed by atoms with Gasteiger partial charge in [-0.15, -0.1) is 34.0 Å². The van der Waals surface area contributed by atoms with Gasteiger partial charge in [-0.05, 0) is 117 Å². The molecule has 35 heavy (non-hydrogen) atoms. The first-order valence-corrected chi connectivity index (χ1v) is 14.8. The molecule has 0 atom stereocenters. The molecule has 3 heteroatoms. The van der Waals surface area contributed by atoms with E-state index in [0.29, 0.717) is 0 Å². The normalized spacial score (nSPS) is 16.7. The molecule has 0 saturated carbocycles. The smallest absolute Gasteiger partial charge is 0.0499 e. The second kappa shape index (κ2) is 6.26. The zero-order chi connectivity index (χ0) is 24.0. The molecule has 172 valence electrons. The van der Waals surface area contributed by atoms with Crippen molar-refractivity contribution in [3.8, 4) is 20.2 Å². The number of aryl methyl sites for hydroxylation is 2. The summed E-state index contributed by atoms with van der Waals surface area (Å²) in [5.74, 6) is 0. The van der Waals surface area contributed by atoms with Gasteiger partial charge >= 0.3 is 0 Å². The summed E-state index contributed by atoms with van der Waals surface area (Å²) in [7, 11) is 0. The molecular weight excluding hydrogens is 481 g/mol. The first kappa shape index (κ1) is 20.7. The van der Waals surface area contributed by atoms with E-state index in [1.807, 2.05) is 34.0 Å². The number of hydrogen-bond acceptors (Lipinski definition) is 3. The summed E-state index contributed by atoms with van der Waals surface area (Å²) in [5.41, 5.74) is 7.60. The van der Waals surface area contributed by atoms with E-state index in [9.17, 15) is 0 Å². The number of benzene rings is 3. The molecule has 0 spiro atoms. The van der Waals surface area contributed by atoms with E-state index in [1.165, 1.54) is 83.8 Å². The molecule has 3 aromatic carbocycles. The molecule has 2 aliphatic carbocycles. The summed E-state index contributed by atoms with van der Waals surface area (Å²) in [6.07, 6.45) is 0. The lowest BCUT2D eigenvalue weighted by atomic mass is 9.81.